The minimum Gasteiger partial charge on any atom is -0.368 e. The number of aryl methyl sites for hydroxylation is 1. The molecule has 0 radical (unpaired) electrons. The van der Waals surface area contributed by atoms with Gasteiger partial charge < -0.3 is 14.8 Å². The van der Waals surface area contributed by atoms with Crippen LogP contribution >= 0.6 is 0 Å². The molecule has 1 N–H and O–H groups in total. The Bertz CT molecular complexity index is 1160. The largest absolute Gasteiger partial charge is 0.451 e. The number of fused-ring (bicyclic) bond motifs is 1. The van der Waals surface area contributed by atoms with Gasteiger partial charge in [0.2, 0.25) is 11.7 Å². The maximum Gasteiger partial charge on any atom is 0.451 e. The highest BCUT2D eigenvalue weighted by molar-refractivity contribution is 5.86. The molecule has 2 fully saturated rings. The quantitative estimate of drug-likeness (QED) is 0.630. The van der Waals surface area contributed by atoms with Crippen LogP contribution in [0.2, 0.25) is 0 Å². The van der Waals surface area contributed by atoms with Gasteiger partial charge in [0, 0.05) is 37.3 Å². The van der Waals surface area contributed by atoms with Crippen LogP contribution in [0.15, 0.2) is 18.2 Å². The molecule has 8 nitrogen and oxygen atoms in total. The minimum absolute atomic E-state index is 0.0730. The summed E-state index contributed by atoms with van der Waals surface area (Å²) in [5.41, 5.74) is 3.39. The molecule has 5 rings (SSSR count). The van der Waals surface area contributed by atoms with E-state index in [0.29, 0.717) is 32.2 Å². The van der Waals surface area contributed by atoms with Crippen molar-refractivity contribution in [2.75, 3.05) is 31.1 Å². The number of anilines is 1. The SMILES string of the molecule is CCc1nn(C2CCC2)c2cc(N3CCN(C(=O)Cc4nnc(C(F)(F)F)[nH]4)CC3)ccc12. The zero-order valence-electron chi connectivity index (χ0n) is 18.4. The Balaban J connectivity index is 1.25. The zero-order chi connectivity index (χ0) is 23.2. The molecule has 11 heteroatoms. The van der Waals surface area contributed by atoms with E-state index in [1.54, 1.807) is 4.90 Å². The highest BCUT2D eigenvalue weighted by Gasteiger charge is 2.35. The minimum atomic E-state index is -4.60. The van der Waals surface area contributed by atoms with Crippen molar-refractivity contribution in [2.45, 2.75) is 51.2 Å². The van der Waals surface area contributed by atoms with Crippen molar-refractivity contribution in [1.82, 2.24) is 29.9 Å². The monoisotopic (exact) mass is 461 g/mol. The highest BCUT2D eigenvalue weighted by Crippen LogP contribution is 2.36. The first-order valence-corrected chi connectivity index (χ1v) is 11.4. The first-order valence-electron chi connectivity index (χ1n) is 11.4. The van der Waals surface area contributed by atoms with E-state index in [0.717, 1.165) is 17.8 Å². The van der Waals surface area contributed by atoms with Gasteiger partial charge in [-0.15, -0.1) is 10.2 Å². The van der Waals surface area contributed by atoms with E-state index in [1.807, 2.05) is 0 Å². The molecule has 3 aromatic rings. The first-order chi connectivity index (χ1) is 15.8. The molecular formula is C22H26F3N7O. The number of alkyl halides is 3. The predicted octanol–water partition coefficient (Wildman–Crippen LogP) is 3.35. The zero-order valence-corrected chi connectivity index (χ0v) is 18.4. The summed E-state index contributed by atoms with van der Waals surface area (Å²) in [7, 11) is 0. The van der Waals surface area contributed by atoms with Crippen LogP contribution in [-0.4, -0.2) is 61.9 Å². The summed E-state index contributed by atoms with van der Waals surface area (Å²) >= 11 is 0. The molecule has 176 valence electrons. The molecule has 0 bridgehead atoms. The van der Waals surface area contributed by atoms with Gasteiger partial charge in [-0.1, -0.05) is 6.92 Å². The van der Waals surface area contributed by atoms with Crippen molar-refractivity contribution < 1.29 is 18.0 Å². The standard InChI is InChI=1S/C22H26F3N7O/c1-2-17-16-7-6-15(12-18(16)32(29-17)14-4-3-5-14)30-8-10-31(11-9-30)20(33)13-19-26-21(28-27-19)22(23,24)25/h6-7,12,14H,2-5,8-11,13H2,1H3,(H,26,27,28). The molecule has 1 aromatic carbocycles. The molecule has 2 aliphatic rings. The van der Waals surface area contributed by atoms with E-state index in [1.165, 1.54) is 30.2 Å². The smallest absolute Gasteiger partial charge is 0.368 e. The number of piperazine rings is 1. The number of aromatic amines is 1. The average molecular weight is 461 g/mol. The number of nitrogens with one attached hydrogen (secondary N) is 1. The summed E-state index contributed by atoms with van der Waals surface area (Å²) in [6.45, 7) is 4.43. The lowest BCUT2D eigenvalue weighted by Crippen LogP contribution is -2.49. The Kier molecular flexibility index (Phi) is 5.49. The average Bonchev–Trinajstić information content (AvgIpc) is 3.37. The van der Waals surface area contributed by atoms with Crippen molar-refractivity contribution in [3.8, 4) is 0 Å². The normalized spacial score (nSPS) is 17.6. The molecule has 33 heavy (non-hydrogen) atoms. The van der Waals surface area contributed by atoms with Crippen molar-refractivity contribution in [1.29, 1.82) is 0 Å². The van der Waals surface area contributed by atoms with Gasteiger partial charge in [0.25, 0.3) is 0 Å². The van der Waals surface area contributed by atoms with Gasteiger partial charge in [0.15, 0.2) is 0 Å². The third kappa shape index (κ3) is 4.16. The van der Waals surface area contributed by atoms with Crippen LogP contribution in [0.1, 0.15) is 49.6 Å². The maximum atomic E-state index is 12.7. The Morgan fingerprint density at radius 3 is 2.52 bits per heavy atom. The van der Waals surface area contributed by atoms with E-state index >= 15 is 0 Å². The molecule has 1 amide bonds. The molecule has 2 aromatic heterocycles. The Morgan fingerprint density at radius 1 is 1.15 bits per heavy atom. The third-order valence-electron chi connectivity index (χ3n) is 6.64. The topological polar surface area (TPSA) is 82.9 Å². The number of hydrogen-bond donors (Lipinski definition) is 1. The van der Waals surface area contributed by atoms with Crippen molar-refractivity contribution in [3.05, 3.63) is 35.5 Å². The van der Waals surface area contributed by atoms with E-state index in [9.17, 15) is 18.0 Å². The van der Waals surface area contributed by atoms with Crippen LogP contribution < -0.4 is 4.90 Å². The molecule has 1 aliphatic carbocycles. The van der Waals surface area contributed by atoms with Gasteiger partial charge in [-0.05, 0) is 43.9 Å². The Morgan fingerprint density at radius 2 is 1.91 bits per heavy atom. The van der Waals surface area contributed by atoms with Gasteiger partial charge in [0.05, 0.1) is 23.7 Å². The first kappa shape index (κ1) is 21.7. The predicted molar refractivity (Wildman–Crippen MR) is 116 cm³/mol. The van der Waals surface area contributed by atoms with Crippen molar-refractivity contribution in [3.63, 3.8) is 0 Å². The van der Waals surface area contributed by atoms with Crippen molar-refractivity contribution >= 4 is 22.5 Å². The maximum absolute atomic E-state index is 12.7. The van der Waals surface area contributed by atoms with Crippen LogP contribution in [0.5, 0.6) is 0 Å². The highest BCUT2D eigenvalue weighted by atomic mass is 19.4. The van der Waals surface area contributed by atoms with Crippen molar-refractivity contribution in [2.24, 2.45) is 0 Å². The molecule has 1 saturated carbocycles. The summed E-state index contributed by atoms with van der Waals surface area (Å²) < 4.78 is 40.2. The summed E-state index contributed by atoms with van der Waals surface area (Å²) in [5.74, 6) is -1.51. The number of halogens is 3. The van der Waals surface area contributed by atoms with Crippen LogP contribution in [0.4, 0.5) is 18.9 Å². The van der Waals surface area contributed by atoms with Gasteiger partial charge in [0.1, 0.15) is 5.82 Å². The fourth-order valence-electron chi connectivity index (χ4n) is 4.53. The lowest BCUT2D eigenvalue weighted by Gasteiger charge is -2.36. The second-order valence-corrected chi connectivity index (χ2v) is 8.69. The molecule has 0 atom stereocenters. The van der Waals surface area contributed by atoms with Crippen LogP contribution in [0.3, 0.4) is 0 Å². The number of hydrogen-bond acceptors (Lipinski definition) is 5. The van der Waals surface area contributed by atoms with Gasteiger partial charge >= 0.3 is 6.18 Å². The molecule has 3 heterocycles. The lowest BCUT2D eigenvalue weighted by atomic mass is 9.93. The Labute approximate surface area is 188 Å². The number of H-pyrrole nitrogens is 1. The second-order valence-electron chi connectivity index (χ2n) is 8.69. The van der Waals surface area contributed by atoms with E-state index in [2.05, 4.69) is 49.9 Å². The summed E-state index contributed by atoms with van der Waals surface area (Å²) in [4.78, 5) is 18.6. The molecule has 1 aliphatic heterocycles. The van der Waals surface area contributed by atoms with Crippen LogP contribution in [0.25, 0.3) is 10.9 Å². The number of nitrogens with zero attached hydrogens (tertiary/aromatic N) is 6. The van der Waals surface area contributed by atoms with Gasteiger partial charge in [-0.2, -0.15) is 18.3 Å². The fourth-order valence-corrected chi connectivity index (χ4v) is 4.53. The lowest BCUT2D eigenvalue weighted by molar-refractivity contribution is -0.144. The van der Waals surface area contributed by atoms with E-state index in [-0.39, 0.29) is 18.2 Å². The van der Waals surface area contributed by atoms with E-state index in [4.69, 9.17) is 5.10 Å². The molecule has 0 unspecified atom stereocenters. The van der Waals surface area contributed by atoms with Crippen LogP contribution in [0, 0.1) is 0 Å². The van der Waals surface area contributed by atoms with Gasteiger partial charge in [-0.25, -0.2) is 0 Å². The Hall–Kier alpha value is -3.11. The molecule has 0 spiro atoms. The second kappa shape index (κ2) is 8.35. The van der Waals surface area contributed by atoms with E-state index < -0.39 is 12.0 Å². The fraction of sp³-hybridized carbons (Fsp3) is 0.545. The molecule has 1 saturated heterocycles. The number of benzene rings is 1. The number of amides is 1. The summed E-state index contributed by atoms with van der Waals surface area (Å²) in [6, 6.07) is 6.93. The van der Waals surface area contributed by atoms with Gasteiger partial charge in [-0.3, -0.25) is 9.48 Å². The summed E-state index contributed by atoms with van der Waals surface area (Å²) in [5, 5.41) is 12.6. The number of aromatic nitrogens is 5. The number of carbonyl (C=O) groups excluding carboxylic acids is 1. The van der Waals surface area contributed by atoms with Crippen LogP contribution in [-0.2, 0) is 23.8 Å². The third-order valence-corrected chi connectivity index (χ3v) is 6.64. The number of rotatable bonds is 5. The molecular weight excluding hydrogens is 435 g/mol. The summed E-state index contributed by atoms with van der Waals surface area (Å²) in [6.07, 6.45) is -0.357. The number of carbonyl (C=O) groups is 1.